The summed E-state index contributed by atoms with van der Waals surface area (Å²) in [6.45, 7) is 1.77. The van der Waals surface area contributed by atoms with Crippen molar-refractivity contribution in [1.82, 2.24) is 5.32 Å². The molecule has 0 aliphatic heterocycles. The standard InChI is InChI=1S/C11H22N4O2/c12-9(15-17)7-11(4-5-11)8-14-6-2-1-3-10(13)16/h14,17H,1-8H2,(H2,12,15)(H2,13,16). The molecule has 0 saturated heterocycles. The Kier molecular flexibility index (Phi) is 5.21. The van der Waals surface area contributed by atoms with Crippen LogP contribution >= 0.6 is 0 Å². The molecule has 0 bridgehead atoms. The predicted octanol–water partition coefficient (Wildman–Crippen LogP) is 0.148. The first kappa shape index (κ1) is 13.8. The molecular weight excluding hydrogens is 220 g/mol. The van der Waals surface area contributed by atoms with Crippen molar-refractivity contribution >= 4 is 11.7 Å². The molecule has 1 aliphatic carbocycles. The maximum atomic E-state index is 10.5. The molecule has 98 valence electrons. The lowest BCUT2D eigenvalue weighted by Gasteiger charge is -2.14. The third-order valence-corrected chi connectivity index (χ3v) is 3.17. The van der Waals surface area contributed by atoms with Crippen LogP contribution in [0, 0.1) is 5.41 Å². The van der Waals surface area contributed by atoms with Gasteiger partial charge in [-0.1, -0.05) is 5.16 Å². The normalized spacial score (nSPS) is 18.0. The van der Waals surface area contributed by atoms with Gasteiger partial charge in [0.15, 0.2) is 0 Å². The number of hydrogen-bond acceptors (Lipinski definition) is 4. The van der Waals surface area contributed by atoms with Gasteiger partial charge < -0.3 is 22.0 Å². The quantitative estimate of drug-likeness (QED) is 0.151. The van der Waals surface area contributed by atoms with E-state index in [2.05, 4.69) is 10.5 Å². The van der Waals surface area contributed by atoms with Gasteiger partial charge in [-0.25, -0.2) is 0 Å². The highest BCUT2D eigenvalue weighted by molar-refractivity contribution is 5.80. The fourth-order valence-electron chi connectivity index (χ4n) is 1.92. The van der Waals surface area contributed by atoms with Crippen LogP contribution in [0.15, 0.2) is 5.16 Å². The van der Waals surface area contributed by atoms with Gasteiger partial charge in [0.05, 0.1) is 0 Å². The summed E-state index contributed by atoms with van der Waals surface area (Å²) < 4.78 is 0. The summed E-state index contributed by atoms with van der Waals surface area (Å²) in [5.74, 6) is 0.0635. The molecule has 1 saturated carbocycles. The van der Waals surface area contributed by atoms with E-state index in [4.69, 9.17) is 16.7 Å². The summed E-state index contributed by atoms with van der Waals surface area (Å²) in [4.78, 5) is 10.5. The summed E-state index contributed by atoms with van der Waals surface area (Å²) in [5.41, 5.74) is 10.7. The van der Waals surface area contributed by atoms with Crippen molar-refractivity contribution in [3.63, 3.8) is 0 Å². The SMILES string of the molecule is NC(=O)CCCCNCC1(CC(N)=NO)CC1. The average Bonchev–Trinajstić information content (AvgIpc) is 3.03. The number of nitrogens with zero attached hydrogens (tertiary/aromatic N) is 1. The largest absolute Gasteiger partial charge is 0.409 e. The number of nitrogens with one attached hydrogen (secondary N) is 1. The average molecular weight is 242 g/mol. The molecule has 0 unspecified atom stereocenters. The number of rotatable bonds is 9. The van der Waals surface area contributed by atoms with Gasteiger partial charge in [-0.2, -0.15) is 0 Å². The van der Waals surface area contributed by atoms with Crippen molar-refractivity contribution in [1.29, 1.82) is 0 Å². The Morgan fingerprint density at radius 1 is 1.35 bits per heavy atom. The molecule has 1 aliphatic rings. The molecule has 0 heterocycles. The Balaban J connectivity index is 2.04. The first-order chi connectivity index (χ1) is 8.08. The molecule has 6 heteroatoms. The van der Waals surface area contributed by atoms with Gasteiger partial charge in [-0.15, -0.1) is 0 Å². The maximum absolute atomic E-state index is 10.5. The molecule has 6 nitrogen and oxygen atoms in total. The van der Waals surface area contributed by atoms with Gasteiger partial charge in [0.2, 0.25) is 5.91 Å². The van der Waals surface area contributed by atoms with Crippen LogP contribution in [0.25, 0.3) is 0 Å². The molecule has 1 rings (SSSR count). The Labute approximate surface area is 101 Å². The molecule has 0 atom stereocenters. The first-order valence-corrected chi connectivity index (χ1v) is 6.03. The number of hydrogen-bond donors (Lipinski definition) is 4. The molecular formula is C11H22N4O2. The van der Waals surface area contributed by atoms with Gasteiger partial charge in [0, 0.05) is 19.4 Å². The van der Waals surface area contributed by atoms with Crippen LogP contribution in [0.2, 0.25) is 0 Å². The highest BCUT2D eigenvalue weighted by atomic mass is 16.4. The lowest BCUT2D eigenvalue weighted by atomic mass is 10.0. The van der Waals surface area contributed by atoms with Crippen LogP contribution in [-0.2, 0) is 4.79 Å². The number of nitrogens with two attached hydrogens (primary N) is 2. The number of primary amides is 1. The minimum Gasteiger partial charge on any atom is -0.409 e. The van der Waals surface area contributed by atoms with Crippen LogP contribution in [-0.4, -0.2) is 30.0 Å². The van der Waals surface area contributed by atoms with Gasteiger partial charge in [-0.3, -0.25) is 4.79 Å². The minimum atomic E-state index is -0.240. The van der Waals surface area contributed by atoms with E-state index in [0.717, 1.165) is 38.8 Å². The molecule has 1 fully saturated rings. The second kappa shape index (κ2) is 6.44. The van der Waals surface area contributed by atoms with Crippen LogP contribution in [0.5, 0.6) is 0 Å². The Morgan fingerprint density at radius 3 is 2.59 bits per heavy atom. The second-order valence-electron chi connectivity index (χ2n) is 4.87. The Hall–Kier alpha value is -1.30. The number of amides is 1. The molecule has 0 aromatic heterocycles. The van der Waals surface area contributed by atoms with E-state index < -0.39 is 0 Å². The van der Waals surface area contributed by atoms with E-state index in [1.807, 2.05) is 0 Å². The second-order valence-corrected chi connectivity index (χ2v) is 4.87. The van der Waals surface area contributed by atoms with Gasteiger partial charge >= 0.3 is 0 Å². The monoisotopic (exact) mass is 242 g/mol. The number of oxime groups is 1. The highest BCUT2D eigenvalue weighted by Gasteiger charge is 2.42. The van der Waals surface area contributed by atoms with E-state index >= 15 is 0 Å². The number of amidine groups is 1. The zero-order valence-corrected chi connectivity index (χ0v) is 10.1. The molecule has 0 aromatic rings. The minimum absolute atomic E-state index is 0.194. The van der Waals surface area contributed by atoms with E-state index in [9.17, 15) is 4.79 Å². The molecule has 6 N–H and O–H groups in total. The van der Waals surface area contributed by atoms with Crippen LogP contribution in [0.1, 0.15) is 38.5 Å². The van der Waals surface area contributed by atoms with Crippen molar-refractivity contribution in [2.75, 3.05) is 13.1 Å². The molecule has 0 radical (unpaired) electrons. The number of carbonyl (C=O) groups excluding carboxylic acids is 1. The number of unbranched alkanes of at least 4 members (excludes halogenated alkanes) is 1. The van der Waals surface area contributed by atoms with Crippen molar-refractivity contribution in [3.05, 3.63) is 0 Å². The lowest BCUT2D eigenvalue weighted by Crippen LogP contribution is -2.29. The van der Waals surface area contributed by atoms with E-state index in [0.29, 0.717) is 18.7 Å². The zero-order valence-electron chi connectivity index (χ0n) is 10.1. The Morgan fingerprint density at radius 2 is 2.06 bits per heavy atom. The smallest absolute Gasteiger partial charge is 0.217 e. The fourth-order valence-corrected chi connectivity index (χ4v) is 1.92. The molecule has 1 amide bonds. The first-order valence-electron chi connectivity index (χ1n) is 6.03. The Bertz CT molecular complexity index is 287. The van der Waals surface area contributed by atoms with Crippen molar-refractivity contribution in [2.45, 2.75) is 38.5 Å². The third-order valence-electron chi connectivity index (χ3n) is 3.17. The number of carbonyl (C=O) groups is 1. The van der Waals surface area contributed by atoms with Crippen LogP contribution in [0.4, 0.5) is 0 Å². The van der Waals surface area contributed by atoms with Gasteiger partial charge in [0.25, 0.3) is 0 Å². The van der Waals surface area contributed by atoms with Gasteiger partial charge in [0.1, 0.15) is 5.84 Å². The lowest BCUT2D eigenvalue weighted by molar-refractivity contribution is -0.118. The van der Waals surface area contributed by atoms with Crippen molar-refractivity contribution in [2.24, 2.45) is 22.0 Å². The van der Waals surface area contributed by atoms with Crippen LogP contribution < -0.4 is 16.8 Å². The highest BCUT2D eigenvalue weighted by Crippen LogP contribution is 2.48. The zero-order chi connectivity index (χ0) is 12.7. The predicted molar refractivity (Wildman–Crippen MR) is 65.6 cm³/mol. The van der Waals surface area contributed by atoms with Crippen LogP contribution in [0.3, 0.4) is 0 Å². The van der Waals surface area contributed by atoms with E-state index in [-0.39, 0.29) is 11.3 Å². The summed E-state index contributed by atoms with van der Waals surface area (Å²) in [7, 11) is 0. The van der Waals surface area contributed by atoms with E-state index in [1.54, 1.807) is 0 Å². The summed E-state index contributed by atoms with van der Waals surface area (Å²) in [6.07, 6.45) is 5.13. The fraction of sp³-hybridized carbons (Fsp3) is 0.818. The molecule has 0 spiro atoms. The third kappa shape index (κ3) is 5.53. The molecule has 0 aromatic carbocycles. The van der Waals surface area contributed by atoms with Crippen molar-refractivity contribution in [3.8, 4) is 0 Å². The summed E-state index contributed by atoms with van der Waals surface area (Å²) >= 11 is 0. The summed E-state index contributed by atoms with van der Waals surface area (Å²) in [6, 6.07) is 0. The van der Waals surface area contributed by atoms with Crippen molar-refractivity contribution < 1.29 is 10.0 Å². The molecule has 17 heavy (non-hydrogen) atoms. The topological polar surface area (TPSA) is 114 Å². The van der Waals surface area contributed by atoms with Gasteiger partial charge in [-0.05, 0) is 37.6 Å². The summed E-state index contributed by atoms with van der Waals surface area (Å²) in [5, 5.41) is 14.9. The van der Waals surface area contributed by atoms with E-state index in [1.165, 1.54) is 0 Å². The maximum Gasteiger partial charge on any atom is 0.217 e.